The molecule has 1 atom stereocenters. The normalized spacial score (nSPS) is 12.0. The van der Waals surface area contributed by atoms with E-state index in [4.69, 9.17) is 9.15 Å². The van der Waals surface area contributed by atoms with Gasteiger partial charge in [-0.25, -0.2) is 8.42 Å². The molecule has 1 heterocycles. The highest BCUT2D eigenvalue weighted by molar-refractivity contribution is 7.92. The fourth-order valence-electron chi connectivity index (χ4n) is 3.37. The van der Waals surface area contributed by atoms with Crippen molar-refractivity contribution in [2.75, 3.05) is 22.5 Å². The first kappa shape index (κ1) is 24.8. The van der Waals surface area contributed by atoms with E-state index in [1.54, 1.807) is 60.7 Å². The van der Waals surface area contributed by atoms with Gasteiger partial charge in [-0.1, -0.05) is 12.1 Å². The van der Waals surface area contributed by atoms with E-state index in [9.17, 15) is 18.0 Å². The molecule has 2 N–H and O–H groups in total. The van der Waals surface area contributed by atoms with Gasteiger partial charge in [0, 0.05) is 0 Å². The molecule has 0 unspecified atom stereocenters. The third-order valence-electron chi connectivity index (χ3n) is 4.92. The molecule has 3 aromatic rings. The summed E-state index contributed by atoms with van der Waals surface area (Å²) in [6.07, 6.45) is 2.54. The Hall–Kier alpha value is -3.79. The van der Waals surface area contributed by atoms with Crippen LogP contribution in [0.25, 0.3) is 0 Å². The minimum Gasteiger partial charge on any atom is -0.494 e. The van der Waals surface area contributed by atoms with Crippen molar-refractivity contribution in [3.63, 3.8) is 0 Å². The van der Waals surface area contributed by atoms with Gasteiger partial charge in [0.25, 0.3) is 5.91 Å². The molecule has 34 heavy (non-hydrogen) atoms. The van der Waals surface area contributed by atoms with Crippen molar-refractivity contribution in [3.05, 3.63) is 78.3 Å². The smallest absolute Gasteiger partial charge is 0.253 e. The molecule has 2 amide bonds. The van der Waals surface area contributed by atoms with E-state index in [0.717, 1.165) is 10.6 Å². The molecule has 0 radical (unpaired) electrons. The van der Waals surface area contributed by atoms with Crippen molar-refractivity contribution in [1.29, 1.82) is 0 Å². The molecule has 0 saturated carbocycles. The molecule has 180 valence electrons. The van der Waals surface area contributed by atoms with Gasteiger partial charge in [0.05, 0.1) is 42.6 Å². The Bertz CT molecular complexity index is 1220. The van der Waals surface area contributed by atoms with E-state index in [2.05, 4.69) is 10.6 Å². The lowest BCUT2D eigenvalue weighted by molar-refractivity contribution is -0.116. The summed E-state index contributed by atoms with van der Waals surface area (Å²) in [5.74, 6) is 0.172. The van der Waals surface area contributed by atoms with Gasteiger partial charge in [-0.15, -0.1) is 0 Å². The number of benzene rings is 2. The van der Waals surface area contributed by atoms with E-state index in [1.165, 1.54) is 13.2 Å². The van der Waals surface area contributed by atoms with Gasteiger partial charge < -0.3 is 19.8 Å². The van der Waals surface area contributed by atoms with Crippen LogP contribution in [0.1, 0.15) is 30.0 Å². The van der Waals surface area contributed by atoms with Gasteiger partial charge in [-0.3, -0.25) is 13.9 Å². The first-order valence-corrected chi connectivity index (χ1v) is 12.5. The Morgan fingerprint density at radius 1 is 1.06 bits per heavy atom. The van der Waals surface area contributed by atoms with Crippen LogP contribution in [0.15, 0.2) is 71.3 Å². The molecule has 1 aromatic heterocycles. The van der Waals surface area contributed by atoms with E-state index >= 15 is 0 Å². The third kappa shape index (κ3) is 6.16. The molecule has 0 fully saturated rings. The van der Waals surface area contributed by atoms with Gasteiger partial charge in [-0.05, 0) is 62.4 Å². The Balaban J connectivity index is 1.78. The van der Waals surface area contributed by atoms with E-state index in [-0.39, 0.29) is 17.8 Å². The van der Waals surface area contributed by atoms with Gasteiger partial charge >= 0.3 is 0 Å². The summed E-state index contributed by atoms with van der Waals surface area (Å²) in [5, 5.41) is 5.41. The molecule has 2 aromatic carbocycles. The van der Waals surface area contributed by atoms with Crippen LogP contribution < -0.4 is 19.7 Å². The van der Waals surface area contributed by atoms with Crippen LogP contribution in [0.2, 0.25) is 0 Å². The maximum Gasteiger partial charge on any atom is 0.253 e. The number of rotatable bonds is 10. The van der Waals surface area contributed by atoms with Gasteiger partial charge in [0.1, 0.15) is 17.6 Å². The van der Waals surface area contributed by atoms with Crippen LogP contribution in [0, 0.1) is 0 Å². The highest BCUT2D eigenvalue weighted by Crippen LogP contribution is 2.25. The van der Waals surface area contributed by atoms with Crippen molar-refractivity contribution in [2.45, 2.75) is 26.4 Å². The number of anilines is 2. The van der Waals surface area contributed by atoms with Crippen molar-refractivity contribution in [3.8, 4) is 5.75 Å². The maximum atomic E-state index is 13.1. The summed E-state index contributed by atoms with van der Waals surface area (Å²) in [6, 6.07) is 15.3. The fraction of sp³-hybridized carbons (Fsp3) is 0.250. The Kier molecular flexibility index (Phi) is 7.95. The highest BCUT2D eigenvalue weighted by Gasteiger charge is 2.30. The number of furan rings is 1. The number of nitrogens with zero attached hydrogens (tertiary/aromatic N) is 1. The summed E-state index contributed by atoms with van der Waals surface area (Å²) in [6.45, 7) is 3.98. The average molecular weight is 486 g/mol. The maximum absolute atomic E-state index is 13.1. The number of hydrogen-bond acceptors (Lipinski definition) is 6. The molecule has 10 heteroatoms. The first-order valence-electron chi connectivity index (χ1n) is 10.6. The summed E-state index contributed by atoms with van der Waals surface area (Å²) in [5.41, 5.74) is 0.816. The number of ether oxygens (including phenoxy) is 1. The molecular formula is C24H27N3O6S. The molecule has 9 nitrogen and oxygen atoms in total. The minimum atomic E-state index is -3.80. The lowest BCUT2D eigenvalue weighted by Gasteiger charge is -2.28. The zero-order chi connectivity index (χ0) is 24.7. The van der Waals surface area contributed by atoms with Crippen LogP contribution in [-0.4, -0.2) is 39.1 Å². The van der Waals surface area contributed by atoms with Crippen LogP contribution in [0.3, 0.4) is 0 Å². The average Bonchev–Trinajstić information content (AvgIpc) is 3.32. The Morgan fingerprint density at radius 2 is 1.76 bits per heavy atom. The van der Waals surface area contributed by atoms with Crippen molar-refractivity contribution in [1.82, 2.24) is 5.32 Å². The molecule has 3 rings (SSSR count). The summed E-state index contributed by atoms with van der Waals surface area (Å²) in [4.78, 5) is 25.8. The molecule has 0 aliphatic heterocycles. The van der Waals surface area contributed by atoms with Gasteiger partial charge in [0.15, 0.2) is 0 Å². The second-order valence-corrected chi connectivity index (χ2v) is 9.32. The second-order valence-electron chi connectivity index (χ2n) is 7.46. The Morgan fingerprint density at radius 3 is 2.38 bits per heavy atom. The van der Waals surface area contributed by atoms with Crippen LogP contribution in [0.5, 0.6) is 5.75 Å². The Labute approximate surface area is 198 Å². The largest absolute Gasteiger partial charge is 0.494 e. The highest BCUT2D eigenvalue weighted by atomic mass is 32.2. The minimum absolute atomic E-state index is 0.185. The topological polar surface area (TPSA) is 118 Å². The summed E-state index contributed by atoms with van der Waals surface area (Å²) >= 11 is 0. The van der Waals surface area contributed by atoms with Gasteiger partial charge in [0.2, 0.25) is 15.9 Å². The lowest BCUT2D eigenvalue weighted by Crippen LogP contribution is -2.45. The first-order chi connectivity index (χ1) is 16.2. The number of sulfonamides is 1. The van der Waals surface area contributed by atoms with Crippen molar-refractivity contribution in [2.24, 2.45) is 0 Å². The van der Waals surface area contributed by atoms with Crippen molar-refractivity contribution < 1.29 is 27.2 Å². The van der Waals surface area contributed by atoms with Crippen LogP contribution in [0.4, 0.5) is 11.4 Å². The standard InChI is InChI=1S/C24H27N3O6S/c1-4-32-19-13-11-18(12-14-19)27(34(3,30)31)17(2)23(28)26-22-10-6-5-9-21(22)24(29)25-16-20-8-7-15-33-20/h5-15,17H,4,16H2,1-3H3,(H,25,29)(H,26,28)/t17-/m1/s1. The molecule has 0 spiro atoms. The third-order valence-corrected chi connectivity index (χ3v) is 6.17. The quantitative estimate of drug-likeness (QED) is 0.454. The molecule has 0 saturated heterocycles. The summed E-state index contributed by atoms with van der Waals surface area (Å²) in [7, 11) is -3.80. The molecule has 0 aliphatic carbocycles. The number of amides is 2. The number of carbonyl (C=O) groups excluding carboxylic acids is 2. The fourth-order valence-corrected chi connectivity index (χ4v) is 4.54. The van der Waals surface area contributed by atoms with E-state index in [1.807, 2.05) is 6.92 Å². The number of carbonyl (C=O) groups is 2. The van der Waals surface area contributed by atoms with Crippen LogP contribution in [-0.2, 0) is 21.4 Å². The van der Waals surface area contributed by atoms with E-state index < -0.39 is 27.9 Å². The second kappa shape index (κ2) is 10.9. The van der Waals surface area contributed by atoms with Crippen molar-refractivity contribution >= 4 is 33.2 Å². The lowest BCUT2D eigenvalue weighted by atomic mass is 10.1. The monoisotopic (exact) mass is 485 g/mol. The number of para-hydroxylation sites is 1. The SMILES string of the molecule is CCOc1ccc(N([C@H](C)C(=O)Nc2ccccc2C(=O)NCc2ccco2)S(C)(=O)=O)cc1. The van der Waals surface area contributed by atoms with Gasteiger partial charge in [-0.2, -0.15) is 0 Å². The molecular weight excluding hydrogens is 458 g/mol. The molecule has 0 bridgehead atoms. The van der Waals surface area contributed by atoms with E-state index in [0.29, 0.717) is 23.8 Å². The number of nitrogens with one attached hydrogen (secondary N) is 2. The molecule has 0 aliphatic rings. The zero-order valence-corrected chi connectivity index (χ0v) is 20.0. The summed E-state index contributed by atoms with van der Waals surface area (Å²) < 4.78 is 36.7. The van der Waals surface area contributed by atoms with Crippen LogP contribution >= 0.6 is 0 Å². The predicted octanol–water partition coefficient (Wildman–Crippen LogP) is 3.40. The predicted molar refractivity (Wildman–Crippen MR) is 129 cm³/mol. The zero-order valence-electron chi connectivity index (χ0n) is 19.1. The number of hydrogen-bond donors (Lipinski definition) is 2.